The fraction of sp³-hybridized carbons (Fsp3) is 0.158. The summed E-state index contributed by atoms with van der Waals surface area (Å²) in [5.74, 6) is 1.25. The molecule has 0 atom stereocenters. The fourth-order valence-corrected chi connectivity index (χ4v) is 2.60. The molecule has 3 aromatic rings. The van der Waals surface area contributed by atoms with E-state index < -0.39 is 0 Å². The maximum Gasteiger partial charge on any atom is 0.226 e. The Morgan fingerprint density at radius 1 is 1.21 bits per heavy atom. The lowest BCUT2D eigenvalue weighted by atomic mass is 10.1. The highest BCUT2D eigenvalue weighted by atomic mass is 35.5. The largest absolute Gasteiger partial charge is 0.441 e. The average molecular weight is 341 g/mol. The molecule has 3 rings (SSSR count). The smallest absolute Gasteiger partial charge is 0.226 e. The van der Waals surface area contributed by atoms with Crippen LogP contribution in [0.25, 0.3) is 11.5 Å². The SMILES string of the molecule is Cc1cnc(-c2cccc(NC(=O)CCc3cccc(Cl)c3)c2)o1. The topological polar surface area (TPSA) is 55.1 Å². The molecule has 1 amide bonds. The molecule has 0 aliphatic carbocycles. The number of anilines is 1. The van der Waals surface area contributed by atoms with E-state index >= 15 is 0 Å². The molecule has 0 aliphatic heterocycles. The molecule has 0 saturated carbocycles. The van der Waals surface area contributed by atoms with Crippen LogP contribution in [0, 0.1) is 6.92 Å². The number of hydrogen-bond acceptors (Lipinski definition) is 3. The van der Waals surface area contributed by atoms with Gasteiger partial charge in [-0.05, 0) is 49.2 Å². The van der Waals surface area contributed by atoms with Crippen molar-refractivity contribution in [2.24, 2.45) is 0 Å². The molecule has 0 spiro atoms. The van der Waals surface area contributed by atoms with Gasteiger partial charge in [0.2, 0.25) is 11.8 Å². The number of nitrogens with one attached hydrogen (secondary N) is 1. The van der Waals surface area contributed by atoms with E-state index in [1.165, 1.54) is 0 Å². The summed E-state index contributed by atoms with van der Waals surface area (Å²) in [7, 11) is 0. The first-order valence-corrected chi connectivity index (χ1v) is 8.05. The Morgan fingerprint density at radius 2 is 2.04 bits per heavy atom. The highest BCUT2D eigenvalue weighted by molar-refractivity contribution is 6.30. The van der Waals surface area contributed by atoms with Gasteiger partial charge < -0.3 is 9.73 Å². The molecule has 1 heterocycles. The van der Waals surface area contributed by atoms with Crippen molar-refractivity contribution in [2.75, 3.05) is 5.32 Å². The molecule has 0 saturated heterocycles. The van der Waals surface area contributed by atoms with Gasteiger partial charge in [-0.2, -0.15) is 0 Å². The third kappa shape index (κ3) is 4.24. The van der Waals surface area contributed by atoms with E-state index in [-0.39, 0.29) is 5.91 Å². The second kappa shape index (κ2) is 7.32. The molecule has 1 aromatic heterocycles. The number of carbonyl (C=O) groups excluding carboxylic acids is 1. The predicted molar refractivity (Wildman–Crippen MR) is 95.1 cm³/mol. The Balaban J connectivity index is 1.62. The fourth-order valence-electron chi connectivity index (χ4n) is 2.39. The molecule has 0 unspecified atom stereocenters. The van der Waals surface area contributed by atoms with E-state index in [0.717, 1.165) is 22.6 Å². The minimum Gasteiger partial charge on any atom is -0.441 e. The van der Waals surface area contributed by atoms with Crippen molar-refractivity contribution < 1.29 is 9.21 Å². The number of aryl methyl sites for hydroxylation is 2. The Kier molecular flexibility index (Phi) is 4.96. The molecular weight excluding hydrogens is 324 g/mol. The molecule has 0 fully saturated rings. The summed E-state index contributed by atoms with van der Waals surface area (Å²) in [6.45, 7) is 1.85. The minimum atomic E-state index is -0.0456. The number of hydrogen-bond donors (Lipinski definition) is 1. The van der Waals surface area contributed by atoms with Crippen molar-refractivity contribution >= 4 is 23.2 Å². The van der Waals surface area contributed by atoms with Crippen LogP contribution in [0.2, 0.25) is 5.02 Å². The third-order valence-electron chi connectivity index (χ3n) is 3.54. The van der Waals surface area contributed by atoms with E-state index in [2.05, 4.69) is 10.3 Å². The van der Waals surface area contributed by atoms with E-state index in [4.69, 9.17) is 16.0 Å². The molecule has 1 N–H and O–H groups in total. The van der Waals surface area contributed by atoms with Crippen molar-refractivity contribution in [3.8, 4) is 11.5 Å². The van der Waals surface area contributed by atoms with Crippen molar-refractivity contribution in [3.05, 3.63) is 71.1 Å². The summed E-state index contributed by atoms with van der Waals surface area (Å²) in [5.41, 5.74) is 2.59. The molecule has 2 aromatic carbocycles. The van der Waals surface area contributed by atoms with Gasteiger partial charge in [-0.15, -0.1) is 0 Å². The van der Waals surface area contributed by atoms with Gasteiger partial charge in [0.25, 0.3) is 0 Å². The maximum atomic E-state index is 12.1. The molecule has 0 aliphatic rings. The third-order valence-corrected chi connectivity index (χ3v) is 3.78. The second-order valence-electron chi connectivity index (χ2n) is 5.53. The zero-order chi connectivity index (χ0) is 16.9. The summed E-state index contributed by atoms with van der Waals surface area (Å²) in [6.07, 6.45) is 2.71. The summed E-state index contributed by atoms with van der Waals surface area (Å²) >= 11 is 5.95. The number of halogens is 1. The van der Waals surface area contributed by atoms with Gasteiger partial charge in [-0.25, -0.2) is 4.98 Å². The van der Waals surface area contributed by atoms with E-state index in [1.54, 1.807) is 6.20 Å². The minimum absolute atomic E-state index is 0.0456. The molecule has 24 heavy (non-hydrogen) atoms. The Bertz CT molecular complexity index is 858. The van der Waals surface area contributed by atoms with Crippen LogP contribution in [-0.4, -0.2) is 10.9 Å². The quantitative estimate of drug-likeness (QED) is 0.720. The number of benzene rings is 2. The molecule has 0 bridgehead atoms. The van der Waals surface area contributed by atoms with E-state index in [1.807, 2.05) is 55.5 Å². The van der Waals surface area contributed by atoms with Crippen LogP contribution in [0.5, 0.6) is 0 Å². The standard InChI is InChI=1S/C19H17ClN2O2/c1-13-12-21-19(24-13)15-5-3-7-17(11-15)22-18(23)9-8-14-4-2-6-16(20)10-14/h2-7,10-12H,8-9H2,1H3,(H,22,23). The van der Waals surface area contributed by atoms with Crippen LogP contribution in [0.4, 0.5) is 5.69 Å². The molecular formula is C19H17ClN2O2. The van der Waals surface area contributed by atoms with Gasteiger partial charge in [0.15, 0.2) is 0 Å². The summed E-state index contributed by atoms with van der Waals surface area (Å²) in [5, 5.41) is 3.58. The number of nitrogens with zero attached hydrogens (tertiary/aromatic N) is 1. The van der Waals surface area contributed by atoms with Gasteiger partial charge in [0.1, 0.15) is 5.76 Å². The predicted octanol–water partition coefficient (Wildman–Crippen LogP) is 4.87. The molecule has 4 nitrogen and oxygen atoms in total. The molecule has 5 heteroatoms. The van der Waals surface area contributed by atoms with Crippen molar-refractivity contribution in [3.63, 3.8) is 0 Å². The van der Waals surface area contributed by atoms with Crippen LogP contribution >= 0.6 is 11.6 Å². The Labute approximate surface area is 145 Å². The number of carbonyl (C=O) groups is 1. The maximum absolute atomic E-state index is 12.1. The lowest BCUT2D eigenvalue weighted by molar-refractivity contribution is -0.116. The monoisotopic (exact) mass is 340 g/mol. The zero-order valence-corrected chi connectivity index (χ0v) is 14.0. The van der Waals surface area contributed by atoms with Gasteiger partial charge in [0.05, 0.1) is 6.20 Å². The Morgan fingerprint density at radius 3 is 2.79 bits per heavy atom. The molecule has 122 valence electrons. The Hall–Kier alpha value is -2.59. The highest BCUT2D eigenvalue weighted by Crippen LogP contribution is 2.22. The summed E-state index contributed by atoms with van der Waals surface area (Å²) in [4.78, 5) is 16.3. The van der Waals surface area contributed by atoms with Crippen LogP contribution in [0.15, 0.2) is 59.1 Å². The summed E-state index contributed by atoms with van der Waals surface area (Å²) < 4.78 is 5.51. The first-order chi connectivity index (χ1) is 11.6. The van der Waals surface area contributed by atoms with Crippen molar-refractivity contribution in [1.29, 1.82) is 0 Å². The normalized spacial score (nSPS) is 10.6. The lowest BCUT2D eigenvalue weighted by Gasteiger charge is -2.07. The second-order valence-corrected chi connectivity index (χ2v) is 5.97. The average Bonchev–Trinajstić information content (AvgIpc) is 3.00. The van der Waals surface area contributed by atoms with E-state index in [9.17, 15) is 4.79 Å². The van der Waals surface area contributed by atoms with E-state index in [0.29, 0.717) is 23.8 Å². The number of oxazole rings is 1. The lowest BCUT2D eigenvalue weighted by Crippen LogP contribution is -2.12. The van der Waals surface area contributed by atoms with Gasteiger partial charge in [-0.1, -0.05) is 29.8 Å². The summed E-state index contributed by atoms with van der Waals surface area (Å²) in [6, 6.07) is 15.0. The van der Waals surface area contributed by atoms with Gasteiger partial charge in [-0.3, -0.25) is 4.79 Å². The number of aromatic nitrogens is 1. The van der Waals surface area contributed by atoms with Crippen LogP contribution < -0.4 is 5.32 Å². The van der Waals surface area contributed by atoms with Crippen molar-refractivity contribution in [1.82, 2.24) is 4.98 Å². The highest BCUT2D eigenvalue weighted by Gasteiger charge is 2.08. The van der Waals surface area contributed by atoms with Crippen molar-refractivity contribution in [2.45, 2.75) is 19.8 Å². The van der Waals surface area contributed by atoms with Crippen LogP contribution in [0.3, 0.4) is 0 Å². The number of amides is 1. The van der Waals surface area contributed by atoms with Gasteiger partial charge >= 0.3 is 0 Å². The zero-order valence-electron chi connectivity index (χ0n) is 13.3. The first-order valence-electron chi connectivity index (χ1n) is 7.67. The van der Waals surface area contributed by atoms with Crippen LogP contribution in [0.1, 0.15) is 17.7 Å². The first kappa shape index (κ1) is 16.3. The molecule has 0 radical (unpaired) electrons. The van der Waals surface area contributed by atoms with Crippen LogP contribution in [-0.2, 0) is 11.2 Å². The number of rotatable bonds is 5. The van der Waals surface area contributed by atoms with Gasteiger partial charge in [0, 0.05) is 22.7 Å².